The minimum absolute atomic E-state index is 0.0735. The van der Waals surface area contributed by atoms with E-state index in [0.29, 0.717) is 19.3 Å². The van der Waals surface area contributed by atoms with Crippen molar-refractivity contribution in [1.29, 1.82) is 0 Å². The highest BCUT2D eigenvalue weighted by molar-refractivity contribution is 5.71. The highest BCUT2D eigenvalue weighted by Gasteiger charge is 2.19. The zero-order valence-corrected chi connectivity index (χ0v) is 49.8. The van der Waals surface area contributed by atoms with Gasteiger partial charge in [-0.3, -0.25) is 14.4 Å². The van der Waals surface area contributed by atoms with Gasteiger partial charge in [0.05, 0.1) is 0 Å². The van der Waals surface area contributed by atoms with Gasteiger partial charge in [-0.2, -0.15) is 0 Å². The summed E-state index contributed by atoms with van der Waals surface area (Å²) in [6, 6.07) is 0. The first-order chi connectivity index (χ1) is 37.0. The first kappa shape index (κ1) is 71.8. The summed E-state index contributed by atoms with van der Waals surface area (Å²) < 4.78 is 16.8. The molecule has 1 atom stereocenters. The quantitative estimate of drug-likeness (QED) is 0.0261. The fraction of sp³-hybridized carbons (Fsp3) is 0.783. The fourth-order valence-electron chi connectivity index (χ4n) is 9.35. The lowest BCUT2D eigenvalue weighted by atomic mass is 10.0. The largest absolute Gasteiger partial charge is 0.462 e. The average Bonchev–Trinajstić information content (AvgIpc) is 3.41. The van der Waals surface area contributed by atoms with Crippen molar-refractivity contribution in [3.8, 4) is 0 Å². The smallest absolute Gasteiger partial charge is 0.306 e. The maximum Gasteiger partial charge on any atom is 0.306 e. The van der Waals surface area contributed by atoms with E-state index >= 15 is 0 Å². The van der Waals surface area contributed by atoms with Crippen LogP contribution in [0, 0.1) is 0 Å². The third-order valence-electron chi connectivity index (χ3n) is 14.2. The summed E-state index contributed by atoms with van der Waals surface area (Å²) in [6.45, 7) is 6.47. The summed E-state index contributed by atoms with van der Waals surface area (Å²) in [5.41, 5.74) is 0. The van der Waals surface area contributed by atoms with Crippen LogP contribution in [0.15, 0.2) is 72.9 Å². The van der Waals surface area contributed by atoms with E-state index in [-0.39, 0.29) is 31.1 Å². The van der Waals surface area contributed by atoms with Crippen LogP contribution in [0.5, 0.6) is 0 Å². The second-order valence-electron chi connectivity index (χ2n) is 21.6. The van der Waals surface area contributed by atoms with Gasteiger partial charge in [-0.05, 0) is 89.9 Å². The molecule has 0 saturated heterocycles. The predicted octanol–water partition coefficient (Wildman–Crippen LogP) is 22.1. The topological polar surface area (TPSA) is 78.9 Å². The Hall–Kier alpha value is -3.15. The first-order valence-electron chi connectivity index (χ1n) is 32.4. The van der Waals surface area contributed by atoms with Gasteiger partial charge in [-0.25, -0.2) is 0 Å². The molecule has 0 aliphatic carbocycles. The lowest BCUT2D eigenvalue weighted by molar-refractivity contribution is -0.167. The molecule has 1 unspecified atom stereocenters. The van der Waals surface area contributed by atoms with E-state index in [1.54, 1.807) is 0 Å². The fourth-order valence-corrected chi connectivity index (χ4v) is 9.35. The lowest BCUT2D eigenvalue weighted by Crippen LogP contribution is -2.30. The van der Waals surface area contributed by atoms with Crippen LogP contribution < -0.4 is 0 Å². The van der Waals surface area contributed by atoms with E-state index in [0.717, 1.165) is 96.3 Å². The molecule has 0 aromatic rings. The van der Waals surface area contributed by atoms with Crippen LogP contribution in [0.2, 0.25) is 0 Å². The molecule has 0 amide bonds. The zero-order valence-electron chi connectivity index (χ0n) is 49.8. The molecule has 6 heteroatoms. The summed E-state index contributed by atoms with van der Waals surface area (Å²) in [6.07, 6.45) is 82.5. The summed E-state index contributed by atoms with van der Waals surface area (Å²) >= 11 is 0. The van der Waals surface area contributed by atoms with Crippen LogP contribution in [0.4, 0.5) is 0 Å². The molecule has 0 spiro atoms. The normalized spacial score (nSPS) is 12.5. The predicted molar refractivity (Wildman–Crippen MR) is 325 cm³/mol. The third-order valence-corrected chi connectivity index (χ3v) is 14.2. The molecule has 0 fully saturated rings. The number of allylic oxidation sites excluding steroid dienone is 12. The molecule has 0 aliphatic rings. The van der Waals surface area contributed by atoms with Gasteiger partial charge in [-0.15, -0.1) is 0 Å². The van der Waals surface area contributed by atoms with E-state index in [2.05, 4.69) is 93.7 Å². The molecule has 6 nitrogen and oxygen atoms in total. The SMILES string of the molecule is CC/C=C\C/C=C\C/C=C\C/C=C\CCCCCCCCCCCCCCCCCCCCC(=O)OCC(COC(=O)CCCCCCC)OC(=O)CCCCCCCCCCC/C=C\C/C=C\CCCCCCC. The molecular weight excluding hydrogens is 925 g/mol. The highest BCUT2D eigenvalue weighted by atomic mass is 16.6. The number of carbonyl (C=O) groups is 3. The monoisotopic (exact) mass is 1050 g/mol. The maximum atomic E-state index is 12.8. The van der Waals surface area contributed by atoms with E-state index in [4.69, 9.17) is 14.2 Å². The summed E-state index contributed by atoms with van der Waals surface area (Å²) in [4.78, 5) is 37.9. The van der Waals surface area contributed by atoms with Gasteiger partial charge in [0.15, 0.2) is 6.10 Å². The molecule has 0 rings (SSSR count). The van der Waals surface area contributed by atoms with Crippen molar-refractivity contribution >= 4 is 17.9 Å². The molecule has 0 aromatic carbocycles. The van der Waals surface area contributed by atoms with Crippen LogP contribution in [0.1, 0.15) is 329 Å². The molecule has 0 aliphatic heterocycles. The minimum atomic E-state index is -0.772. The zero-order chi connectivity index (χ0) is 54.3. The van der Waals surface area contributed by atoms with Crippen molar-refractivity contribution < 1.29 is 28.6 Å². The molecule has 0 radical (unpaired) electrons. The molecule has 75 heavy (non-hydrogen) atoms. The van der Waals surface area contributed by atoms with Crippen LogP contribution in [0.25, 0.3) is 0 Å². The van der Waals surface area contributed by atoms with Gasteiger partial charge in [0.2, 0.25) is 0 Å². The van der Waals surface area contributed by atoms with Crippen molar-refractivity contribution in [1.82, 2.24) is 0 Å². The summed E-state index contributed by atoms with van der Waals surface area (Å²) in [5.74, 6) is -0.877. The maximum absolute atomic E-state index is 12.8. The summed E-state index contributed by atoms with van der Waals surface area (Å²) in [5, 5.41) is 0. The number of hydrogen-bond donors (Lipinski definition) is 0. The number of ether oxygens (including phenoxy) is 3. The van der Waals surface area contributed by atoms with Crippen molar-refractivity contribution in [2.45, 2.75) is 335 Å². The van der Waals surface area contributed by atoms with E-state index < -0.39 is 6.10 Å². The Morgan fingerprint density at radius 2 is 0.520 bits per heavy atom. The Morgan fingerprint density at radius 1 is 0.280 bits per heavy atom. The number of rotatable bonds is 59. The molecule has 0 aromatic heterocycles. The van der Waals surface area contributed by atoms with Crippen LogP contribution in [-0.2, 0) is 28.6 Å². The summed E-state index contributed by atoms with van der Waals surface area (Å²) in [7, 11) is 0. The Balaban J connectivity index is 3.97. The van der Waals surface area contributed by atoms with Crippen molar-refractivity contribution in [2.24, 2.45) is 0 Å². The van der Waals surface area contributed by atoms with Crippen molar-refractivity contribution in [2.75, 3.05) is 13.2 Å². The van der Waals surface area contributed by atoms with Gasteiger partial charge < -0.3 is 14.2 Å². The number of esters is 3. The molecular formula is C69H122O6. The molecule has 0 heterocycles. The molecule has 0 N–H and O–H groups in total. The first-order valence-corrected chi connectivity index (χ1v) is 32.4. The van der Waals surface area contributed by atoms with Gasteiger partial charge in [0.1, 0.15) is 13.2 Å². The second kappa shape index (κ2) is 63.4. The van der Waals surface area contributed by atoms with Gasteiger partial charge in [-0.1, -0.05) is 293 Å². The standard InChI is InChI=1S/C69H122O6/c1-4-7-10-13-15-17-19-21-23-25-27-29-30-31-32-33-34-35-36-37-38-40-41-43-45-47-49-51-53-56-59-62-68(71)74-65-66(64-73-67(70)61-58-55-12-9-6-3)75-69(72)63-60-57-54-52-50-48-46-44-42-39-28-26-24-22-20-18-16-14-11-8-5-2/h7,10,15,17,20-23,26-29,66H,4-6,8-9,11-14,16,18-19,24-25,30-65H2,1-3H3/b10-7-,17-15-,22-20-,23-21-,28-26-,29-27-. The Kier molecular flexibility index (Phi) is 60.7. The Bertz CT molecular complexity index is 1390. The van der Waals surface area contributed by atoms with E-state index in [1.807, 2.05) is 0 Å². The van der Waals surface area contributed by atoms with Crippen LogP contribution in [0.3, 0.4) is 0 Å². The van der Waals surface area contributed by atoms with E-state index in [1.165, 1.54) is 193 Å². The third kappa shape index (κ3) is 61.6. The number of unbranched alkanes of at least 4 members (excludes halogenated alkanes) is 36. The second-order valence-corrected chi connectivity index (χ2v) is 21.6. The Morgan fingerprint density at radius 3 is 0.813 bits per heavy atom. The molecule has 0 saturated carbocycles. The van der Waals surface area contributed by atoms with Crippen molar-refractivity contribution in [3.63, 3.8) is 0 Å². The number of hydrogen-bond acceptors (Lipinski definition) is 6. The van der Waals surface area contributed by atoms with Gasteiger partial charge >= 0.3 is 17.9 Å². The minimum Gasteiger partial charge on any atom is -0.462 e. The Labute approximate surface area is 465 Å². The van der Waals surface area contributed by atoms with Crippen LogP contribution in [-0.4, -0.2) is 37.2 Å². The highest BCUT2D eigenvalue weighted by Crippen LogP contribution is 2.17. The van der Waals surface area contributed by atoms with E-state index in [9.17, 15) is 14.4 Å². The average molecular weight is 1050 g/mol. The molecule has 434 valence electrons. The number of carbonyl (C=O) groups excluding carboxylic acids is 3. The lowest BCUT2D eigenvalue weighted by Gasteiger charge is -2.18. The van der Waals surface area contributed by atoms with Gasteiger partial charge in [0, 0.05) is 19.3 Å². The van der Waals surface area contributed by atoms with Crippen molar-refractivity contribution in [3.05, 3.63) is 72.9 Å². The molecule has 0 bridgehead atoms. The van der Waals surface area contributed by atoms with Crippen LogP contribution >= 0.6 is 0 Å². The van der Waals surface area contributed by atoms with Gasteiger partial charge in [0.25, 0.3) is 0 Å².